The third kappa shape index (κ3) is 3.81. The second-order valence-corrected chi connectivity index (χ2v) is 6.38. The van der Waals surface area contributed by atoms with Gasteiger partial charge in [-0.3, -0.25) is 9.78 Å². The molecule has 1 amide bonds. The molecule has 138 valence electrons. The van der Waals surface area contributed by atoms with E-state index in [1.54, 1.807) is 18.5 Å². The van der Waals surface area contributed by atoms with Crippen molar-refractivity contribution in [3.05, 3.63) is 90.4 Å². The Labute approximate surface area is 162 Å². The summed E-state index contributed by atoms with van der Waals surface area (Å²) in [4.78, 5) is 25.7. The van der Waals surface area contributed by atoms with Gasteiger partial charge in [0.15, 0.2) is 0 Å². The minimum atomic E-state index is -0.309. The van der Waals surface area contributed by atoms with Gasteiger partial charge in [-0.05, 0) is 30.7 Å². The number of aromatic nitrogens is 3. The molecule has 1 atom stereocenters. The van der Waals surface area contributed by atoms with E-state index in [4.69, 9.17) is 0 Å². The molecule has 6 nitrogen and oxygen atoms in total. The lowest BCUT2D eigenvalue weighted by Crippen LogP contribution is -2.16. The van der Waals surface area contributed by atoms with Crippen LogP contribution in [0.3, 0.4) is 0 Å². The number of hydrogen-bond donors (Lipinski definition) is 2. The summed E-state index contributed by atoms with van der Waals surface area (Å²) in [6, 6.07) is 21.1. The maximum absolute atomic E-state index is 12.7. The lowest BCUT2D eigenvalue weighted by Gasteiger charge is -2.14. The summed E-state index contributed by atoms with van der Waals surface area (Å²) >= 11 is 0. The van der Waals surface area contributed by atoms with Gasteiger partial charge in [-0.25, -0.2) is 9.97 Å². The van der Waals surface area contributed by atoms with Crippen molar-refractivity contribution < 1.29 is 4.79 Å². The van der Waals surface area contributed by atoms with Crippen molar-refractivity contribution in [2.45, 2.75) is 13.0 Å². The quantitative estimate of drug-likeness (QED) is 0.543. The number of nitrogens with one attached hydrogen (secondary N) is 2. The van der Waals surface area contributed by atoms with Crippen LogP contribution in [0.1, 0.15) is 29.0 Å². The summed E-state index contributed by atoms with van der Waals surface area (Å²) in [5.74, 6) is 0.0935. The van der Waals surface area contributed by atoms with E-state index in [1.165, 1.54) is 0 Å². The first kappa shape index (κ1) is 17.6. The Hall–Kier alpha value is -3.80. The first-order chi connectivity index (χ1) is 13.7. The predicted octanol–water partition coefficient (Wildman–Crippen LogP) is 4.45. The van der Waals surface area contributed by atoms with Gasteiger partial charge in [0.1, 0.15) is 5.69 Å². The van der Waals surface area contributed by atoms with E-state index >= 15 is 0 Å². The van der Waals surface area contributed by atoms with E-state index in [0.717, 1.165) is 16.5 Å². The second kappa shape index (κ2) is 7.84. The second-order valence-electron chi connectivity index (χ2n) is 6.38. The van der Waals surface area contributed by atoms with Gasteiger partial charge >= 0.3 is 0 Å². The molecule has 2 heterocycles. The largest absolute Gasteiger partial charge is 0.348 e. The Morgan fingerprint density at radius 1 is 0.893 bits per heavy atom. The minimum absolute atomic E-state index is 0.0155. The van der Waals surface area contributed by atoms with Crippen LogP contribution in [0.25, 0.3) is 10.9 Å². The molecule has 0 aliphatic rings. The van der Waals surface area contributed by atoms with Crippen molar-refractivity contribution in [1.29, 1.82) is 0 Å². The van der Waals surface area contributed by atoms with Crippen LogP contribution < -0.4 is 10.6 Å². The van der Waals surface area contributed by atoms with Crippen molar-refractivity contribution >= 4 is 28.4 Å². The third-order valence-corrected chi connectivity index (χ3v) is 4.41. The zero-order valence-electron chi connectivity index (χ0n) is 15.3. The predicted molar refractivity (Wildman–Crippen MR) is 110 cm³/mol. The first-order valence-electron chi connectivity index (χ1n) is 9.00. The topological polar surface area (TPSA) is 79.8 Å². The maximum Gasteiger partial charge on any atom is 0.274 e. The Morgan fingerprint density at radius 2 is 1.71 bits per heavy atom. The number of fused-ring (bicyclic) bond motifs is 1. The molecule has 2 N–H and O–H groups in total. The molecule has 2 aromatic carbocycles. The molecular formula is C22H19N5O. The molecule has 0 spiro atoms. The van der Waals surface area contributed by atoms with Gasteiger partial charge in [0.2, 0.25) is 5.95 Å². The van der Waals surface area contributed by atoms with Gasteiger partial charge in [-0.15, -0.1) is 0 Å². The molecule has 0 saturated carbocycles. The maximum atomic E-state index is 12.7. The highest BCUT2D eigenvalue weighted by Crippen LogP contribution is 2.21. The fraction of sp³-hybridized carbons (Fsp3) is 0.0909. The number of nitrogens with zero attached hydrogens (tertiary/aromatic N) is 3. The highest BCUT2D eigenvalue weighted by molar-refractivity contribution is 6.07. The Balaban J connectivity index is 1.53. The summed E-state index contributed by atoms with van der Waals surface area (Å²) in [7, 11) is 0. The Morgan fingerprint density at radius 3 is 2.57 bits per heavy atom. The standard InChI is InChI=1S/C22H19N5O/c1-15(16-7-3-2-4-8-16)25-22-24-14-12-19(27-22)21(28)26-18-11-5-9-17-10-6-13-23-20(17)18/h2-15H,1H3,(H,26,28)(H,24,25,27). The number of pyridine rings is 1. The lowest BCUT2D eigenvalue weighted by atomic mass is 10.1. The SMILES string of the molecule is CC(Nc1nccc(C(=O)Nc2cccc3cccnc23)n1)c1ccccc1. The van der Waals surface area contributed by atoms with Crippen LogP contribution in [-0.4, -0.2) is 20.9 Å². The molecular weight excluding hydrogens is 350 g/mol. The number of rotatable bonds is 5. The van der Waals surface area contributed by atoms with Gasteiger partial charge in [-0.1, -0.05) is 48.5 Å². The van der Waals surface area contributed by atoms with Crippen LogP contribution in [0, 0.1) is 0 Å². The van der Waals surface area contributed by atoms with Gasteiger partial charge in [0.05, 0.1) is 17.2 Å². The molecule has 4 aromatic rings. The number of carbonyl (C=O) groups excluding carboxylic acids is 1. The molecule has 0 aliphatic carbocycles. The number of amides is 1. The van der Waals surface area contributed by atoms with Gasteiger partial charge < -0.3 is 10.6 Å². The number of para-hydroxylation sites is 1. The molecule has 0 bridgehead atoms. The molecule has 0 fully saturated rings. The van der Waals surface area contributed by atoms with Crippen LogP contribution in [0.4, 0.5) is 11.6 Å². The van der Waals surface area contributed by atoms with Gasteiger partial charge in [0, 0.05) is 17.8 Å². The highest BCUT2D eigenvalue weighted by Gasteiger charge is 2.13. The first-order valence-corrected chi connectivity index (χ1v) is 9.00. The van der Waals surface area contributed by atoms with E-state index in [1.807, 2.05) is 67.6 Å². The smallest absolute Gasteiger partial charge is 0.274 e. The number of carbonyl (C=O) groups is 1. The average molecular weight is 369 g/mol. The molecule has 4 rings (SSSR count). The molecule has 2 aromatic heterocycles. The normalized spacial score (nSPS) is 11.8. The van der Waals surface area contributed by atoms with E-state index < -0.39 is 0 Å². The van der Waals surface area contributed by atoms with Crippen molar-refractivity contribution in [2.24, 2.45) is 0 Å². The zero-order valence-corrected chi connectivity index (χ0v) is 15.3. The van der Waals surface area contributed by atoms with Crippen molar-refractivity contribution in [2.75, 3.05) is 10.6 Å². The molecule has 0 aliphatic heterocycles. The number of hydrogen-bond acceptors (Lipinski definition) is 5. The number of benzene rings is 2. The van der Waals surface area contributed by atoms with E-state index in [9.17, 15) is 4.79 Å². The van der Waals surface area contributed by atoms with Crippen LogP contribution in [0.2, 0.25) is 0 Å². The summed E-state index contributed by atoms with van der Waals surface area (Å²) in [5.41, 5.74) is 2.78. The Bertz CT molecular complexity index is 1110. The average Bonchev–Trinajstić information content (AvgIpc) is 2.75. The minimum Gasteiger partial charge on any atom is -0.348 e. The van der Waals surface area contributed by atoms with Gasteiger partial charge in [-0.2, -0.15) is 0 Å². The molecule has 28 heavy (non-hydrogen) atoms. The molecule has 1 unspecified atom stereocenters. The molecule has 6 heteroatoms. The monoisotopic (exact) mass is 369 g/mol. The highest BCUT2D eigenvalue weighted by atomic mass is 16.1. The molecule has 0 radical (unpaired) electrons. The summed E-state index contributed by atoms with van der Waals surface area (Å²) in [5, 5.41) is 7.09. The summed E-state index contributed by atoms with van der Waals surface area (Å²) in [6.45, 7) is 2.02. The van der Waals surface area contributed by atoms with Crippen molar-refractivity contribution in [3.8, 4) is 0 Å². The van der Waals surface area contributed by atoms with Crippen molar-refractivity contribution in [1.82, 2.24) is 15.0 Å². The van der Waals surface area contributed by atoms with Crippen LogP contribution in [0.15, 0.2) is 79.1 Å². The van der Waals surface area contributed by atoms with Gasteiger partial charge in [0.25, 0.3) is 5.91 Å². The van der Waals surface area contributed by atoms with Crippen LogP contribution in [-0.2, 0) is 0 Å². The van der Waals surface area contributed by atoms with Crippen LogP contribution >= 0.6 is 0 Å². The summed E-state index contributed by atoms with van der Waals surface area (Å²) in [6.07, 6.45) is 3.28. The fourth-order valence-corrected chi connectivity index (χ4v) is 2.96. The number of anilines is 2. The molecule has 0 saturated heterocycles. The van der Waals surface area contributed by atoms with E-state index in [-0.39, 0.29) is 17.6 Å². The third-order valence-electron chi connectivity index (χ3n) is 4.41. The lowest BCUT2D eigenvalue weighted by molar-refractivity contribution is 0.102. The van der Waals surface area contributed by atoms with Crippen molar-refractivity contribution in [3.63, 3.8) is 0 Å². The Kier molecular flexibility index (Phi) is 4.93. The fourth-order valence-electron chi connectivity index (χ4n) is 2.96. The van der Waals surface area contributed by atoms with E-state index in [0.29, 0.717) is 11.6 Å². The zero-order chi connectivity index (χ0) is 19.3. The van der Waals surface area contributed by atoms with E-state index in [2.05, 4.69) is 25.6 Å². The van der Waals surface area contributed by atoms with Crippen LogP contribution in [0.5, 0.6) is 0 Å². The summed E-state index contributed by atoms with van der Waals surface area (Å²) < 4.78 is 0.